The highest BCUT2D eigenvalue weighted by Crippen LogP contribution is 2.37. The molecule has 0 unspecified atom stereocenters. The van der Waals surface area contributed by atoms with Gasteiger partial charge in [0.05, 0.1) is 7.11 Å². The first kappa shape index (κ1) is 21.4. The molecule has 0 radical (unpaired) electrons. The summed E-state index contributed by atoms with van der Waals surface area (Å²) in [5, 5.41) is 2.91. The normalized spacial score (nSPS) is 15.0. The van der Waals surface area contributed by atoms with Gasteiger partial charge in [0.1, 0.15) is 5.75 Å². The molecular formula is C25H25N3O4. The number of carbonyl (C=O) groups is 2. The summed E-state index contributed by atoms with van der Waals surface area (Å²) in [4.78, 5) is 31.5. The highest BCUT2D eigenvalue weighted by atomic mass is 16.5. The molecule has 2 amide bonds. The predicted octanol–water partition coefficient (Wildman–Crippen LogP) is 3.65. The maximum Gasteiger partial charge on any atom is 0.274 e. The molecule has 1 atom stereocenters. The van der Waals surface area contributed by atoms with E-state index in [1.807, 2.05) is 54.6 Å². The lowest BCUT2D eigenvalue weighted by atomic mass is 10.1. The number of aromatic nitrogens is 1. The van der Waals surface area contributed by atoms with Crippen molar-refractivity contribution in [2.24, 2.45) is 0 Å². The first-order valence-electron chi connectivity index (χ1n) is 10.5. The summed E-state index contributed by atoms with van der Waals surface area (Å²) in [5.74, 6) is 1.51. The Morgan fingerprint density at radius 1 is 1.09 bits per heavy atom. The Morgan fingerprint density at radius 3 is 2.69 bits per heavy atom. The van der Waals surface area contributed by atoms with E-state index in [1.54, 1.807) is 30.3 Å². The summed E-state index contributed by atoms with van der Waals surface area (Å²) in [6.07, 6.45) is 1.69. The fourth-order valence-corrected chi connectivity index (χ4v) is 3.68. The van der Waals surface area contributed by atoms with Gasteiger partial charge in [0.15, 0.2) is 11.6 Å². The van der Waals surface area contributed by atoms with Gasteiger partial charge in [0.25, 0.3) is 5.91 Å². The Morgan fingerprint density at radius 2 is 1.88 bits per heavy atom. The van der Waals surface area contributed by atoms with Crippen molar-refractivity contribution >= 4 is 17.6 Å². The van der Waals surface area contributed by atoms with Crippen LogP contribution in [0.4, 0.5) is 5.82 Å². The maximum atomic E-state index is 13.2. The lowest BCUT2D eigenvalue weighted by Gasteiger charge is -2.33. The minimum atomic E-state index is -0.729. The molecule has 0 fully saturated rings. The van der Waals surface area contributed by atoms with Crippen LogP contribution < -0.4 is 19.7 Å². The number of methoxy groups -OCH3 is 1. The predicted molar refractivity (Wildman–Crippen MR) is 120 cm³/mol. The van der Waals surface area contributed by atoms with Crippen molar-refractivity contribution in [2.45, 2.75) is 25.5 Å². The van der Waals surface area contributed by atoms with Crippen molar-refractivity contribution in [3.05, 3.63) is 84.1 Å². The van der Waals surface area contributed by atoms with Crippen LogP contribution in [-0.2, 0) is 16.1 Å². The number of para-hydroxylation sites is 1. The van der Waals surface area contributed by atoms with Crippen molar-refractivity contribution in [3.63, 3.8) is 0 Å². The lowest BCUT2D eigenvalue weighted by Crippen LogP contribution is -2.42. The number of hydrogen-bond acceptors (Lipinski definition) is 5. The summed E-state index contributed by atoms with van der Waals surface area (Å²) in [5.41, 5.74) is 1.70. The number of nitrogens with zero attached hydrogens (tertiary/aromatic N) is 2. The number of benzene rings is 2. The highest BCUT2D eigenvalue weighted by molar-refractivity contribution is 5.99. The summed E-state index contributed by atoms with van der Waals surface area (Å²) in [6.45, 7) is 0.761. The monoisotopic (exact) mass is 431 g/mol. The van der Waals surface area contributed by atoms with Gasteiger partial charge in [0.2, 0.25) is 12.0 Å². The maximum absolute atomic E-state index is 13.2. The Labute approximate surface area is 187 Å². The smallest absolute Gasteiger partial charge is 0.274 e. The van der Waals surface area contributed by atoms with Gasteiger partial charge in [-0.2, -0.15) is 0 Å². The van der Waals surface area contributed by atoms with E-state index in [2.05, 4.69) is 10.3 Å². The topological polar surface area (TPSA) is 80.8 Å². The molecule has 0 bridgehead atoms. The number of rotatable bonds is 8. The van der Waals surface area contributed by atoms with E-state index < -0.39 is 6.10 Å². The number of nitrogens with one attached hydrogen (secondary N) is 1. The Hall–Kier alpha value is -3.87. The van der Waals surface area contributed by atoms with Gasteiger partial charge >= 0.3 is 0 Å². The molecule has 7 heteroatoms. The molecule has 1 N–H and O–H groups in total. The minimum absolute atomic E-state index is 0.0857. The van der Waals surface area contributed by atoms with Crippen LogP contribution >= 0.6 is 0 Å². The first-order chi connectivity index (χ1) is 15.7. The van der Waals surface area contributed by atoms with Gasteiger partial charge in [-0.3, -0.25) is 14.5 Å². The van der Waals surface area contributed by atoms with Crippen molar-refractivity contribution < 1.29 is 19.1 Å². The zero-order valence-electron chi connectivity index (χ0n) is 17.9. The van der Waals surface area contributed by atoms with Gasteiger partial charge in [-0.1, -0.05) is 48.5 Å². The van der Waals surface area contributed by atoms with Crippen LogP contribution in [0.25, 0.3) is 0 Å². The van der Waals surface area contributed by atoms with Crippen LogP contribution in [0.1, 0.15) is 30.1 Å². The number of hydrogen-bond donors (Lipinski definition) is 1. The number of anilines is 1. The molecule has 164 valence electrons. The highest BCUT2D eigenvalue weighted by Gasteiger charge is 2.36. The average molecular weight is 431 g/mol. The van der Waals surface area contributed by atoms with Crippen LogP contribution in [0.5, 0.6) is 11.5 Å². The van der Waals surface area contributed by atoms with E-state index in [-0.39, 0.29) is 18.2 Å². The van der Waals surface area contributed by atoms with Crippen molar-refractivity contribution in [1.82, 2.24) is 10.3 Å². The molecule has 1 aromatic heterocycles. The molecule has 0 spiro atoms. The Balaban J connectivity index is 1.38. The SMILES string of the molecule is COc1ccccc1CNC(=O)CCCN1C(=O)[C@H](c2ccccc2)Oc2cccnc21. The van der Waals surface area contributed by atoms with E-state index in [1.165, 1.54) is 0 Å². The van der Waals surface area contributed by atoms with Crippen LogP contribution in [0.2, 0.25) is 0 Å². The second kappa shape index (κ2) is 9.96. The number of ether oxygens (including phenoxy) is 2. The second-order valence-corrected chi connectivity index (χ2v) is 7.42. The summed E-state index contributed by atoms with van der Waals surface area (Å²) in [6, 6.07) is 20.5. The molecule has 4 rings (SSSR count). The third-order valence-corrected chi connectivity index (χ3v) is 5.30. The van der Waals surface area contributed by atoms with E-state index in [0.29, 0.717) is 31.1 Å². The van der Waals surface area contributed by atoms with Gasteiger partial charge < -0.3 is 14.8 Å². The van der Waals surface area contributed by atoms with Crippen molar-refractivity contribution in [1.29, 1.82) is 0 Å². The fraction of sp³-hybridized carbons (Fsp3) is 0.240. The fourth-order valence-electron chi connectivity index (χ4n) is 3.68. The molecule has 7 nitrogen and oxygen atoms in total. The molecule has 2 aromatic carbocycles. The van der Waals surface area contributed by atoms with E-state index >= 15 is 0 Å². The molecule has 1 aliphatic rings. The second-order valence-electron chi connectivity index (χ2n) is 7.42. The lowest BCUT2D eigenvalue weighted by molar-refractivity contribution is -0.127. The summed E-state index contributed by atoms with van der Waals surface area (Å²) in [7, 11) is 1.61. The van der Waals surface area contributed by atoms with Crippen molar-refractivity contribution in [2.75, 3.05) is 18.6 Å². The molecule has 0 aliphatic carbocycles. The summed E-state index contributed by atoms with van der Waals surface area (Å²) < 4.78 is 11.3. The van der Waals surface area contributed by atoms with Gasteiger partial charge in [-0.25, -0.2) is 4.98 Å². The molecule has 32 heavy (non-hydrogen) atoms. The third-order valence-electron chi connectivity index (χ3n) is 5.30. The zero-order valence-corrected chi connectivity index (χ0v) is 17.9. The first-order valence-corrected chi connectivity index (χ1v) is 10.5. The van der Waals surface area contributed by atoms with E-state index in [0.717, 1.165) is 16.9 Å². The quantitative estimate of drug-likeness (QED) is 0.589. The number of pyridine rings is 1. The third kappa shape index (κ3) is 4.72. The minimum Gasteiger partial charge on any atom is -0.496 e. The number of fused-ring (bicyclic) bond motifs is 1. The van der Waals surface area contributed by atoms with E-state index in [9.17, 15) is 9.59 Å². The van der Waals surface area contributed by atoms with Gasteiger partial charge in [-0.05, 0) is 24.6 Å². The van der Waals surface area contributed by atoms with E-state index in [4.69, 9.17) is 9.47 Å². The van der Waals surface area contributed by atoms with Gasteiger partial charge in [-0.15, -0.1) is 0 Å². The molecule has 2 heterocycles. The van der Waals surface area contributed by atoms with Crippen LogP contribution in [0, 0.1) is 0 Å². The Kier molecular flexibility index (Phi) is 6.65. The molecule has 0 saturated heterocycles. The Bertz CT molecular complexity index is 1090. The zero-order chi connectivity index (χ0) is 22.3. The van der Waals surface area contributed by atoms with Crippen LogP contribution in [0.3, 0.4) is 0 Å². The number of carbonyl (C=O) groups excluding carboxylic acids is 2. The van der Waals surface area contributed by atoms with Crippen molar-refractivity contribution in [3.8, 4) is 11.5 Å². The molecular weight excluding hydrogens is 406 g/mol. The number of amides is 2. The molecule has 0 saturated carbocycles. The van der Waals surface area contributed by atoms with Crippen LogP contribution in [-0.4, -0.2) is 30.5 Å². The van der Waals surface area contributed by atoms with Gasteiger partial charge in [0, 0.05) is 36.8 Å². The molecule has 3 aromatic rings. The standard InChI is InChI=1S/C25H25N3O4/c1-31-20-12-6-5-11-19(20)17-27-22(29)14-8-16-28-24-21(13-7-15-26-24)32-23(25(28)30)18-9-3-2-4-10-18/h2-7,9-13,15,23H,8,14,16-17H2,1H3,(H,27,29)/t23-/m0/s1. The van der Waals surface area contributed by atoms with Crippen LogP contribution in [0.15, 0.2) is 72.9 Å². The average Bonchev–Trinajstić information content (AvgIpc) is 2.84. The largest absolute Gasteiger partial charge is 0.496 e. The summed E-state index contributed by atoms with van der Waals surface area (Å²) >= 11 is 0. The molecule has 1 aliphatic heterocycles.